The summed E-state index contributed by atoms with van der Waals surface area (Å²) in [5.41, 5.74) is 5.85. The number of hydrogen-bond donors (Lipinski definition) is 1. The minimum Gasteiger partial charge on any atom is -0.349 e. The molecule has 1 aliphatic carbocycles. The summed E-state index contributed by atoms with van der Waals surface area (Å²) >= 11 is 8.05. The average Bonchev–Trinajstić information content (AvgIpc) is 3.23. The molecule has 1 aliphatic heterocycles. The van der Waals surface area contributed by atoms with Crippen molar-refractivity contribution in [2.45, 2.75) is 32.9 Å². The van der Waals surface area contributed by atoms with Crippen molar-refractivity contribution in [3.05, 3.63) is 82.6 Å². The third kappa shape index (κ3) is 5.47. The molecule has 184 valence electrons. The molecule has 0 saturated carbocycles. The van der Waals surface area contributed by atoms with E-state index in [1.165, 1.54) is 28.5 Å². The van der Waals surface area contributed by atoms with Gasteiger partial charge in [-0.25, -0.2) is 4.98 Å². The van der Waals surface area contributed by atoms with E-state index >= 15 is 0 Å². The van der Waals surface area contributed by atoms with Crippen LogP contribution in [-0.4, -0.2) is 63.2 Å². The van der Waals surface area contributed by atoms with Crippen molar-refractivity contribution < 1.29 is 0 Å². The highest BCUT2D eigenvalue weighted by atomic mass is 35.5. The van der Waals surface area contributed by atoms with Crippen molar-refractivity contribution in [2.75, 3.05) is 32.4 Å². The van der Waals surface area contributed by atoms with Crippen LogP contribution in [0, 0.1) is 12.3 Å². The highest BCUT2D eigenvalue weighted by Gasteiger charge is 2.33. The topological polar surface area (TPSA) is 60.5 Å². The van der Waals surface area contributed by atoms with Crippen LogP contribution < -0.4 is 0 Å². The minimum atomic E-state index is -0.00309. The maximum absolute atomic E-state index is 8.24. The van der Waals surface area contributed by atoms with Gasteiger partial charge in [-0.1, -0.05) is 55.1 Å². The molecule has 1 N–H and O–H groups in total. The van der Waals surface area contributed by atoms with E-state index in [1.54, 1.807) is 12.3 Å². The minimum absolute atomic E-state index is 0.00309. The number of imidazole rings is 1. The number of allylic oxidation sites excluding steroid dienone is 4. The Bertz CT molecular complexity index is 1190. The van der Waals surface area contributed by atoms with Gasteiger partial charge in [0, 0.05) is 56.4 Å². The Kier molecular flexibility index (Phi) is 8.31. The van der Waals surface area contributed by atoms with Crippen molar-refractivity contribution >= 4 is 40.3 Å². The molecular formula is C27H33ClN6S. The first kappa shape index (κ1) is 25.5. The zero-order chi connectivity index (χ0) is 24.9. The predicted octanol–water partition coefficient (Wildman–Crippen LogP) is 5.82. The number of aromatic nitrogens is 2. The van der Waals surface area contributed by atoms with Gasteiger partial charge in [-0.2, -0.15) is 0 Å². The van der Waals surface area contributed by atoms with Crippen LogP contribution in [-0.2, 0) is 6.54 Å². The lowest BCUT2D eigenvalue weighted by atomic mass is 9.93. The van der Waals surface area contributed by atoms with E-state index in [0.29, 0.717) is 11.7 Å². The van der Waals surface area contributed by atoms with Crippen LogP contribution in [0.25, 0.3) is 5.57 Å². The molecule has 0 bridgehead atoms. The Labute approximate surface area is 217 Å². The molecule has 1 fully saturated rings. The number of aliphatic imine (C=N–C) groups is 1. The Morgan fingerprint density at radius 2 is 2.09 bits per heavy atom. The zero-order valence-corrected chi connectivity index (χ0v) is 22.2. The van der Waals surface area contributed by atoms with Crippen molar-refractivity contribution in [3.63, 3.8) is 0 Å². The van der Waals surface area contributed by atoms with Gasteiger partial charge in [0.2, 0.25) is 0 Å². The van der Waals surface area contributed by atoms with Gasteiger partial charge in [0.1, 0.15) is 5.82 Å². The van der Waals surface area contributed by atoms with Crippen LogP contribution in [0.4, 0.5) is 0 Å². The summed E-state index contributed by atoms with van der Waals surface area (Å²) in [5, 5.41) is 9.60. The van der Waals surface area contributed by atoms with Gasteiger partial charge in [-0.15, -0.1) is 0 Å². The SMILES string of the molecule is C=CC=NC1=C(CC)C=C(Cn2ccnc2C)c2cc(Cl)ccc2C1N1CCN(C(=N)SC)CC1. The number of amidine groups is 1. The number of nitrogens with one attached hydrogen (secondary N) is 1. The van der Waals surface area contributed by atoms with Gasteiger partial charge in [0.15, 0.2) is 5.17 Å². The number of piperazine rings is 1. The lowest BCUT2D eigenvalue weighted by molar-refractivity contribution is 0.148. The standard InChI is InChI=1S/C27H33ClN6S/c1-5-9-31-25-20(6-2)16-21(18-34-11-10-30-19(34)3)24-17-22(28)7-8-23(24)26(25)32-12-14-33(15-13-32)27(29)35-4/h5,7-11,16-17,26,29H,1,6,12-15,18H2,2-4H3. The third-order valence-electron chi connectivity index (χ3n) is 6.72. The van der Waals surface area contributed by atoms with Gasteiger partial charge >= 0.3 is 0 Å². The Morgan fingerprint density at radius 3 is 2.71 bits per heavy atom. The van der Waals surface area contributed by atoms with Crippen molar-refractivity contribution in [3.8, 4) is 0 Å². The molecule has 0 radical (unpaired) electrons. The summed E-state index contributed by atoms with van der Waals surface area (Å²) in [4.78, 5) is 14.0. The van der Waals surface area contributed by atoms with Crippen LogP contribution in [0.3, 0.4) is 0 Å². The normalized spacial score (nSPS) is 19.0. The molecule has 35 heavy (non-hydrogen) atoms. The summed E-state index contributed by atoms with van der Waals surface area (Å²) in [6.45, 7) is 12.2. The molecule has 2 heterocycles. The molecule has 2 aromatic rings. The third-order valence-corrected chi connectivity index (χ3v) is 7.60. The molecule has 6 nitrogen and oxygen atoms in total. The largest absolute Gasteiger partial charge is 0.349 e. The van der Waals surface area contributed by atoms with E-state index in [1.807, 2.05) is 31.6 Å². The summed E-state index contributed by atoms with van der Waals surface area (Å²) in [5.74, 6) is 0.981. The number of rotatable bonds is 6. The molecular weight excluding hydrogens is 476 g/mol. The first-order valence-corrected chi connectivity index (χ1v) is 13.5. The fourth-order valence-corrected chi connectivity index (χ4v) is 5.48. The van der Waals surface area contributed by atoms with Crippen molar-refractivity contribution in [1.29, 1.82) is 5.41 Å². The van der Waals surface area contributed by atoms with E-state index in [4.69, 9.17) is 22.0 Å². The summed E-state index contributed by atoms with van der Waals surface area (Å²) in [6.07, 6.45) is 12.5. The molecule has 1 unspecified atom stereocenters. The molecule has 1 atom stereocenters. The number of halogens is 1. The molecule has 1 aromatic carbocycles. The lowest BCUT2D eigenvalue weighted by Crippen LogP contribution is -2.49. The van der Waals surface area contributed by atoms with Crippen LogP contribution in [0.1, 0.15) is 36.3 Å². The first-order valence-electron chi connectivity index (χ1n) is 11.9. The predicted molar refractivity (Wildman–Crippen MR) is 150 cm³/mol. The summed E-state index contributed by atoms with van der Waals surface area (Å²) in [6, 6.07) is 6.24. The van der Waals surface area contributed by atoms with Crippen molar-refractivity contribution in [2.24, 2.45) is 4.99 Å². The second kappa shape index (κ2) is 11.4. The van der Waals surface area contributed by atoms with Crippen LogP contribution in [0.15, 0.2) is 65.6 Å². The van der Waals surface area contributed by atoms with Gasteiger partial charge in [-0.3, -0.25) is 15.3 Å². The van der Waals surface area contributed by atoms with Gasteiger partial charge in [-0.05, 0) is 54.0 Å². The van der Waals surface area contributed by atoms with E-state index < -0.39 is 0 Å². The molecule has 4 rings (SSSR count). The number of benzene rings is 1. The van der Waals surface area contributed by atoms with E-state index in [2.05, 4.69) is 51.1 Å². The molecule has 0 amide bonds. The van der Waals surface area contributed by atoms with E-state index in [9.17, 15) is 0 Å². The summed E-state index contributed by atoms with van der Waals surface area (Å²) in [7, 11) is 0. The average molecular weight is 509 g/mol. The highest BCUT2D eigenvalue weighted by Crippen LogP contribution is 2.42. The Morgan fingerprint density at radius 1 is 1.31 bits per heavy atom. The maximum Gasteiger partial charge on any atom is 0.156 e. The maximum atomic E-state index is 8.24. The molecule has 0 spiro atoms. The number of aryl methyl sites for hydroxylation is 1. The quantitative estimate of drug-likeness (QED) is 0.394. The second-order valence-electron chi connectivity index (χ2n) is 8.72. The Hall–Kier alpha value is -2.61. The second-order valence-corrected chi connectivity index (χ2v) is 9.95. The van der Waals surface area contributed by atoms with Gasteiger partial charge in [0.05, 0.1) is 11.7 Å². The van der Waals surface area contributed by atoms with Crippen LogP contribution in [0.2, 0.25) is 5.02 Å². The number of thioether (sulfide) groups is 1. The monoisotopic (exact) mass is 508 g/mol. The number of nitrogens with zero attached hydrogens (tertiary/aromatic N) is 5. The molecule has 1 aromatic heterocycles. The first-order chi connectivity index (χ1) is 17.0. The fraction of sp³-hybridized carbons (Fsp3) is 0.370. The van der Waals surface area contributed by atoms with E-state index in [-0.39, 0.29) is 6.04 Å². The molecule has 1 saturated heterocycles. The Balaban J connectivity index is 1.83. The highest BCUT2D eigenvalue weighted by molar-refractivity contribution is 8.13. The zero-order valence-electron chi connectivity index (χ0n) is 20.7. The molecule has 8 heteroatoms. The number of hydrogen-bond acceptors (Lipinski definition) is 5. The van der Waals surface area contributed by atoms with Gasteiger partial charge in [0.25, 0.3) is 0 Å². The lowest BCUT2D eigenvalue weighted by Gasteiger charge is -2.40. The number of fused-ring (bicyclic) bond motifs is 1. The van der Waals surface area contributed by atoms with Crippen molar-refractivity contribution in [1.82, 2.24) is 19.4 Å². The van der Waals surface area contributed by atoms with Crippen LogP contribution in [0.5, 0.6) is 0 Å². The smallest absolute Gasteiger partial charge is 0.156 e. The van der Waals surface area contributed by atoms with E-state index in [0.717, 1.165) is 54.7 Å². The molecule has 2 aliphatic rings. The van der Waals surface area contributed by atoms with Crippen LogP contribution >= 0.6 is 23.4 Å². The fourth-order valence-electron chi connectivity index (χ4n) is 4.87. The van der Waals surface area contributed by atoms with Gasteiger partial charge < -0.3 is 9.47 Å². The summed E-state index contributed by atoms with van der Waals surface area (Å²) < 4.78 is 2.17.